The molecule has 3 nitrogen and oxygen atoms in total. The van der Waals surface area contributed by atoms with Gasteiger partial charge in [-0.15, -0.1) is 10.2 Å². The van der Waals surface area contributed by atoms with Crippen LogP contribution in [0.1, 0.15) is 18.4 Å². The fourth-order valence-corrected chi connectivity index (χ4v) is 4.61. The van der Waals surface area contributed by atoms with Crippen LogP contribution in [0.5, 0.6) is 0 Å². The zero-order valence-electron chi connectivity index (χ0n) is 10.9. The van der Waals surface area contributed by atoms with Crippen LogP contribution in [0.25, 0.3) is 0 Å². The van der Waals surface area contributed by atoms with E-state index in [1.54, 1.807) is 34.9 Å². The number of nitrogens with one attached hydrogen (secondary N) is 1. The molecule has 0 amide bonds. The van der Waals surface area contributed by atoms with Crippen molar-refractivity contribution in [2.75, 3.05) is 6.26 Å². The van der Waals surface area contributed by atoms with Gasteiger partial charge in [-0.25, -0.2) is 0 Å². The minimum Gasteiger partial charge on any atom is -0.310 e. The third-order valence-electron chi connectivity index (χ3n) is 2.98. The van der Waals surface area contributed by atoms with Crippen molar-refractivity contribution >= 4 is 46.5 Å². The van der Waals surface area contributed by atoms with E-state index in [0.717, 1.165) is 30.7 Å². The monoisotopic (exact) mass is 343 g/mol. The Bertz CT molecular complexity index is 598. The first-order chi connectivity index (χ1) is 9.76. The molecule has 2 aromatic rings. The summed E-state index contributed by atoms with van der Waals surface area (Å²) in [4.78, 5) is 1.16. The second-order valence-corrected chi connectivity index (χ2v) is 8.24. The maximum Gasteiger partial charge on any atom is 0.179 e. The normalized spacial score (nSPS) is 14.7. The summed E-state index contributed by atoms with van der Waals surface area (Å²) in [6.07, 6.45) is 4.57. The summed E-state index contributed by atoms with van der Waals surface area (Å²) in [5.74, 6) is 0. The summed E-state index contributed by atoms with van der Waals surface area (Å²) >= 11 is 11.2. The van der Waals surface area contributed by atoms with Crippen LogP contribution in [0.2, 0.25) is 5.02 Å². The SMILES string of the molecule is CSc1nnc(Sc2cccc(Cl)c2CNC2CC2)s1. The molecular formula is C13H14ClN3S3. The zero-order valence-corrected chi connectivity index (χ0v) is 14.1. The fourth-order valence-electron chi connectivity index (χ4n) is 1.75. The highest BCUT2D eigenvalue weighted by Crippen LogP contribution is 2.37. The average Bonchev–Trinajstić information content (AvgIpc) is 3.16. The first kappa shape index (κ1) is 14.7. The molecule has 0 aliphatic heterocycles. The number of hydrogen-bond acceptors (Lipinski definition) is 6. The van der Waals surface area contributed by atoms with Crippen molar-refractivity contribution in [1.82, 2.24) is 15.5 Å². The Morgan fingerprint density at radius 3 is 2.85 bits per heavy atom. The van der Waals surface area contributed by atoms with E-state index < -0.39 is 0 Å². The molecule has 1 aromatic carbocycles. The van der Waals surface area contributed by atoms with Gasteiger partial charge >= 0.3 is 0 Å². The van der Waals surface area contributed by atoms with Crippen LogP contribution in [0.4, 0.5) is 0 Å². The Labute approximate surface area is 135 Å². The smallest absolute Gasteiger partial charge is 0.179 e. The van der Waals surface area contributed by atoms with E-state index >= 15 is 0 Å². The predicted octanol–water partition coefficient (Wildman–Crippen LogP) is 4.32. The molecular weight excluding hydrogens is 330 g/mol. The minimum atomic E-state index is 0.675. The van der Waals surface area contributed by atoms with Crippen molar-refractivity contribution in [3.8, 4) is 0 Å². The Balaban J connectivity index is 1.78. The molecule has 3 rings (SSSR count). The van der Waals surface area contributed by atoms with E-state index in [1.165, 1.54) is 12.8 Å². The van der Waals surface area contributed by atoms with Crippen molar-refractivity contribution < 1.29 is 0 Å². The Morgan fingerprint density at radius 1 is 1.35 bits per heavy atom. The molecule has 106 valence electrons. The molecule has 1 saturated carbocycles. The first-order valence-corrected chi connectivity index (χ1v) is 9.56. The highest BCUT2D eigenvalue weighted by atomic mass is 35.5. The molecule has 7 heteroatoms. The van der Waals surface area contributed by atoms with E-state index in [4.69, 9.17) is 11.6 Å². The molecule has 0 unspecified atom stereocenters. The van der Waals surface area contributed by atoms with Gasteiger partial charge in [-0.2, -0.15) is 0 Å². The molecule has 1 fully saturated rings. The number of thioether (sulfide) groups is 1. The first-order valence-electron chi connectivity index (χ1n) is 6.32. The lowest BCUT2D eigenvalue weighted by Crippen LogP contribution is -2.16. The van der Waals surface area contributed by atoms with E-state index in [9.17, 15) is 0 Å². The summed E-state index contributed by atoms with van der Waals surface area (Å²) in [6, 6.07) is 6.71. The van der Waals surface area contributed by atoms with Crippen LogP contribution in [-0.4, -0.2) is 22.5 Å². The van der Waals surface area contributed by atoms with E-state index in [1.807, 2.05) is 18.4 Å². The number of halogens is 1. The quantitative estimate of drug-likeness (QED) is 0.791. The maximum absolute atomic E-state index is 6.34. The molecule has 0 bridgehead atoms. The molecule has 0 spiro atoms. The summed E-state index contributed by atoms with van der Waals surface area (Å²) in [5.41, 5.74) is 1.16. The zero-order chi connectivity index (χ0) is 13.9. The van der Waals surface area contributed by atoms with Crippen LogP contribution in [0, 0.1) is 0 Å². The Morgan fingerprint density at radius 2 is 2.15 bits per heavy atom. The molecule has 1 N–H and O–H groups in total. The summed E-state index contributed by atoms with van der Waals surface area (Å²) < 4.78 is 1.96. The van der Waals surface area contributed by atoms with Crippen molar-refractivity contribution in [2.24, 2.45) is 0 Å². The number of hydrogen-bond donors (Lipinski definition) is 1. The molecule has 0 saturated heterocycles. The summed E-state index contributed by atoms with van der Waals surface area (Å²) in [5, 5.41) is 12.7. The fraction of sp³-hybridized carbons (Fsp3) is 0.385. The lowest BCUT2D eigenvalue weighted by molar-refractivity contribution is 0.680. The van der Waals surface area contributed by atoms with Crippen LogP contribution >= 0.6 is 46.5 Å². The second-order valence-electron chi connectivity index (χ2n) is 4.51. The topological polar surface area (TPSA) is 37.8 Å². The number of aromatic nitrogens is 2. The molecule has 0 radical (unpaired) electrons. The molecule has 1 aliphatic carbocycles. The summed E-state index contributed by atoms with van der Waals surface area (Å²) in [6.45, 7) is 0.820. The summed E-state index contributed by atoms with van der Waals surface area (Å²) in [7, 11) is 0. The molecule has 20 heavy (non-hydrogen) atoms. The van der Waals surface area contributed by atoms with Gasteiger partial charge in [0.15, 0.2) is 8.68 Å². The standard InChI is InChI=1S/C13H14ClN3S3/c1-18-12-16-17-13(20-12)19-11-4-2-3-10(14)9(11)7-15-8-5-6-8/h2-4,8,15H,5-7H2,1H3. The Kier molecular flexibility index (Phi) is 4.88. The lowest BCUT2D eigenvalue weighted by atomic mass is 10.2. The largest absolute Gasteiger partial charge is 0.310 e. The van der Waals surface area contributed by atoms with Gasteiger partial charge in [-0.1, -0.05) is 52.5 Å². The van der Waals surface area contributed by atoms with Crippen LogP contribution < -0.4 is 5.32 Å². The van der Waals surface area contributed by atoms with Crippen LogP contribution in [0.3, 0.4) is 0 Å². The van der Waals surface area contributed by atoms with Gasteiger partial charge in [-0.05, 0) is 36.8 Å². The van der Waals surface area contributed by atoms with Gasteiger partial charge in [0.1, 0.15) is 0 Å². The predicted molar refractivity (Wildman–Crippen MR) is 87.1 cm³/mol. The number of benzene rings is 1. The third kappa shape index (κ3) is 3.68. The highest BCUT2D eigenvalue weighted by molar-refractivity contribution is 8.03. The van der Waals surface area contributed by atoms with Gasteiger partial charge in [0.25, 0.3) is 0 Å². The molecule has 0 atom stereocenters. The highest BCUT2D eigenvalue weighted by Gasteiger charge is 2.21. The van der Waals surface area contributed by atoms with Gasteiger partial charge < -0.3 is 5.32 Å². The van der Waals surface area contributed by atoms with E-state index in [2.05, 4.69) is 21.6 Å². The van der Waals surface area contributed by atoms with E-state index in [-0.39, 0.29) is 0 Å². The van der Waals surface area contributed by atoms with E-state index in [0.29, 0.717) is 6.04 Å². The lowest BCUT2D eigenvalue weighted by Gasteiger charge is -2.10. The van der Waals surface area contributed by atoms with Gasteiger partial charge in [0.2, 0.25) is 0 Å². The van der Waals surface area contributed by atoms with Crippen molar-refractivity contribution in [3.63, 3.8) is 0 Å². The van der Waals surface area contributed by atoms with Gasteiger partial charge in [0, 0.05) is 22.5 Å². The third-order valence-corrected chi connectivity index (χ3v) is 6.39. The van der Waals surface area contributed by atoms with Gasteiger partial charge in [0.05, 0.1) is 0 Å². The molecule has 1 aliphatic rings. The second kappa shape index (κ2) is 6.66. The van der Waals surface area contributed by atoms with Crippen LogP contribution in [0.15, 0.2) is 31.8 Å². The van der Waals surface area contributed by atoms with Crippen molar-refractivity contribution in [2.45, 2.75) is 39.0 Å². The minimum absolute atomic E-state index is 0.675. The number of nitrogens with zero attached hydrogens (tertiary/aromatic N) is 2. The molecule has 1 aromatic heterocycles. The van der Waals surface area contributed by atoms with Crippen LogP contribution in [-0.2, 0) is 6.54 Å². The Hall–Kier alpha value is -0.270. The van der Waals surface area contributed by atoms with Crippen molar-refractivity contribution in [3.05, 3.63) is 28.8 Å². The maximum atomic E-state index is 6.34. The molecule has 1 heterocycles. The number of rotatable bonds is 6. The average molecular weight is 344 g/mol. The van der Waals surface area contributed by atoms with Gasteiger partial charge in [-0.3, -0.25) is 0 Å². The van der Waals surface area contributed by atoms with Crippen molar-refractivity contribution in [1.29, 1.82) is 0 Å².